The fraction of sp³-hybridized carbons (Fsp3) is 0.150. The number of fused-ring (bicyclic) bond motifs is 2. The van der Waals surface area contributed by atoms with Gasteiger partial charge in [0, 0.05) is 16.3 Å². The maximum Gasteiger partial charge on any atom is 0.336 e. The maximum absolute atomic E-state index is 13.3. The van der Waals surface area contributed by atoms with Gasteiger partial charge in [-0.1, -0.05) is 41.9 Å². The number of dihydropyridines is 1. The van der Waals surface area contributed by atoms with Crippen LogP contribution < -0.4 is 5.32 Å². The van der Waals surface area contributed by atoms with Crippen molar-refractivity contribution in [1.82, 2.24) is 5.32 Å². The van der Waals surface area contributed by atoms with Gasteiger partial charge in [-0.05, 0) is 30.7 Å². The summed E-state index contributed by atoms with van der Waals surface area (Å²) in [6, 6.07) is 13.6. The standard InChI is InChI=1S/C20H16ClNO4S/c1-11-16(20(23)26-2)17(12-7-9-13(21)10-8-12)19-18(22-11)14-5-3-4-6-15(14)27(19,24)25/h3-10,17,22H,1-2H3. The third-order valence-electron chi connectivity index (χ3n) is 4.86. The summed E-state index contributed by atoms with van der Waals surface area (Å²) in [7, 11) is -2.49. The number of carbonyl (C=O) groups is 1. The fourth-order valence-electron chi connectivity index (χ4n) is 3.68. The van der Waals surface area contributed by atoms with Crippen molar-refractivity contribution < 1.29 is 17.9 Å². The predicted molar refractivity (Wildman–Crippen MR) is 103 cm³/mol. The average molecular weight is 402 g/mol. The van der Waals surface area contributed by atoms with Gasteiger partial charge in [-0.3, -0.25) is 0 Å². The third-order valence-corrected chi connectivity index (χ3v) is 7.06. The average Bonchev–Trinajstić information content (AvgIpc) is 2.88. The molecule has 0 amide bonds. The van der Waals surface area contributed by atoms with Crippen molar-refractivity contribution in [2.45, 2.75) is 17.7 Å². The molecule has 2 aromatic carbocycles. The largest absolute Gasteiger partial charge is 0.466 e. The van der Waals surface area contributed by atoms with Crippen LogP contribution in [0.4, 0.5) is 0 Å². The first-order valence-corrected chi connectivity index (χ1v) is 10.1. The highest BCUT2D eigenvalue weighted by atomic mass is 35.5. The molecule has 2 aromatic rings. The molecule has 1 N–H and O–H groups in total. The van der Waals surface area contributed by atoms with Gasteiger partial charge >= 0.3 is 5.97 Å². The van der Waals surface area contributed by atoms with Crippen molar-refractivity contribution in [1.29, 1.82) is 0 Å². The van der Waals surface area contributed by atoms with Gasteiger partial charge in [0.25, 0.3) is 0 Å². The zero-order chi connectivity index (χ0) is 19.3. The second kappa shape index (κ2) is 6.25. The molecule has 2 aliphatic rings. The van der Waals surface area contributed by atoms with Gasteiger partial charge < -0.3 is 10.1 Å². The van der Waals surface area contributed by atoms with E-state index in [2.05, 4.69) is 5.32 Å². The highest BCUT2D eigenvalue weighted by molar-refractivity contribution is 7.96. The topological polar surface area (TPSA) is 72.5 Å². The van der Waals surface area contributed by atoms with E-state index >= 15 is 0 Å². The maximum atomic E-state index is 13.3. The Hall–Kier alpha value is -2.57. The number of nitrogens with one attached hydrogen (secondary N) is 1. The summed E-state index contributed by atoms with van der Waals surface area (Å²) in [6.45, 7) is 1.74. The molecule has 0 radical (unpaired) electrons. The monoisotopic (exact) mass is 401 g/mol. The van der Waals surface area contributed by atoms with Gasteiger partial charge in [0.05, 0.1) is 34.1 Å². The lowest BCUT2D eigenvalue weighted by Crippen LogP contribution is -2.29. The van der Waals surface area contributed by atoms with E-state index < -0.39 is 21.7 Å². The molecule has 1 unspecified atom stereocenters. The van der Waals surface area contributed by atoms with E-state index in [1.807, 2.05) is 0 Å². The molecule has 0 saturated carbocycles. The molecule has 138 valence electrons. The molecule has 27 heavy (non-hydrogen) atoms. The molecule has 4 rings (SSSR count). The first kappa shape index (κ1) is 17.8. The minimum atomic E-state index is -3.77. The zero-order valence-corrected chi connectivity index (χ0v) is 16.2. The second-order valence-corrected chi connectivity index (χ2v) is 8.70. The number of ether oxygens (including phenoxy) is 1. The summed E-state index contributed by atoms with van der Waals surface area (Å²) in [5, 5.41) is 3.65. The van der Waals surface area contributed by atoms with Crippen molar-refractivity contribution in [2.75, 3.05) is 7.11 Å². The Kier molecular flexibility index (Phi) is 4.13. The molecule has 0 spiro atoms. The Morgan fingerprint density at radius 2 is 1.78 bits per heavy atom. The van der Waals surface area contributed by atoms with E-state index in [4.69, 9.17) is 16.3 Å². The van der Waals surface area contributed by atoms with Crippen LogP contribution in [0, 0.1) is 0 Å². The van der Waals surface area contributed by atoms with Gasteiger partial charge in [-0.25, -0.2) is 13.2 Å². The number of halogens is 1. The summed E-state index contributed by atoms with van der Waals surface area (Å²) >= 11 is 6.00. The van der Waals surface area contributed by atoms with Crippen molar-refractivity contribution >= 4 is 33.1 Å². The van der Waals surface area contributed by atoms with Crippen LogP contribution in [-0.4, -0.2) is 21.5 Å². The summed E-state index contributed by atoms with van der Waals surface area (Å²) < 4.78 is 31.6. The fourth-order valence-corrected chi connectivity index (χ4v) is 5.75. The number of esters is 1. The number of benzene rings is 2. The molecule has 0 bridgehead atoms. The molecule has 2 heterocycles. The predicted octanol–water partition coefficient (Wildman–Crippen LogP) is 3.63. The minimum absolute atomic E-state index is 0.164. The van der Waals surface area contributed by atoms with Crippen LogP contribution in [0.3, 0.4) is 0 Å². The minimum Gasteiger partial charge on any atom is -0.466 e. The number of methoxy groups -OCH3 is 1. The Bertz CT molecular complexity index is 1130. The number of allylic oxidation sites excluding steroid dienone is 2. The van der Waals surface area contributed by atoms with E-state index in [1.165, 1.54) is 7.11 Å². The zero-order valence-electron chi connectivity index (χ0n) is 14.6. The molecule has 7 heteroatoms. The van der Waals surface area contributed by atoms with Gasteiger partial charge in [-0.15, -0.1) is 0 Å². The molecule has 0 saturated heterocycles. The van der Waals surface area contributed by atoms with E-state index in [0.717, 1.165) is 0 Å². The highest BCUT2D eigenvalue weighted by Crippen LogP contribution is 2.50. The Labute approximate surface area is 162 Å². The van der Waals surface area contributed by atoms with Crippen LogP contribution in [-0.2, 0) is 19.4 Å². The van der Waals surface area contributed by atoms with Gasteiger partial charge in [-0.2, -0.15) is 0 Å². The highest BCUT2D eigenvalue weighted by Gasteiger charge is 2.46. The lowest BCUT2D eigenvalue weighted by molar-refractivity contribution is -0.136. The molecular formula is C20H16ClNO4S. The lowest BCUT2D eigenvalue weighted by atomic mass is 9.85. The van der Waals surface area contributed by atoms with Gasteiger partial charge in [0.1, 0.15) is 0 Å². The number of hydrogen-bond donors (Lipinski definition) is 1. The van der Waals surface area contributed by atoms with Gasteiger partial charge in [0.2, 0.25) is 9.84 Å². The van der Waals surface area contributed by atoms with Crippen LogP contribution in [0.25, 0.3) is 5.70 Å². The summed E-state index contributed by atoms with van der Waals surface area (Å²) in [5.74, 6) is -1.35. The summed E-state index contributed by atoms with van der Waals surface area (Å²) in [4.78, 5) is 12.9. The van der Waals surface area contributed by atoms with Crippen molar-refractivity contribution in [3.8, 4) is 0 Å². The number of carbonyl (C=O) groups excluding carboxylic acids is 1. The Morgan fingerprint density at radius 3 is 2.44 bits per heavy atom. The Balaban J connectivity index is 2.02. The van der Waals surface area contributed by atoms with Crippen LogP contribution in [0.5, 0.6) is 0 Å². The van der Waals surface area contributed by atoms with Crippen molar-refractivity contribution in [3.05, 3.63) is 80.9 Å². The number of sulfone groups is 1. The Morgan fingerprint density at radius 1 is 1.11 bits per heavy atom. The number of rotatable bonds is 2. The van der Waals surface area contributed by atoms with E-state index in [1.54, 1.807) is 55.5 Å². The lowest BCUT2D eigenvalue weighted by Gasteiger charge is -2.28. The first-order chi connectivity index (χ1) is 12.9. The quantitative estimate of drug-likeness (QED) is 0.778. The molecule has 0 fully saturated rings. The molecule has 1 atom stereocenters. The van der Waals surface area contributed by atoms with E-state index in [9.17, 15) is 13.2 Å². The molecule has 5 nitrogen and oxygen atoms in total. The summed E-state index contributed by atoms with van der Waals surface area (Å²) in [5.41, 5.74) is 2.61. The van der Waals surface area contributed by atoms with Crippen molar-refractivity contribution in [3.63, 3.8) is 0 Å². The first-order valence-electron chi connectivity index (χ1n) is 8.26. The van der Waals surface area contributed by atoms with Crippen molar-refractivity contribution in [2.24, 2.45) is 0 Å². The van der Waals surface area contributed by atoms with Crippen LogP contribution >= 0.6 is 11.6 Å². The molecule has 2 aliphatic heterocycles. The normalized spacial score (nSPS) is 20.0. The van der Waals surface area contributed by atoms with Gasteiger partial charge in [0.15, 0.2) is 0 Å². The molecule has 0 aromatic heterocycles. The van der Waals surface area contributed by atoms with E-state index in [-0.39, 0.29) is 15.4 Å². The molecular weight excluding hydrogens is 386 g/mol. The summed E-state index contributed by atoms with van der Waals surface area (Å²) in [6.07, 6.45) is 0. The smallest absolute Gasteiger partial charge is 0.336 e. The van der Waals surface area contributed by atoms with Crippen LogP contribution in [0.15, 0.2) is 69.6 Å². The van der Waals surface area contributed by atoms with Crippen LogP contribution in [0.2, 0.25) is 5.02 Å². The van der Waals surface area contributed by atoms with Crippen LogP contribution in [0.1, 0.15) is 24.0 Å². The second-order valence-electron chi connectivity index (χ2n) is 6.38. The molecule has 0 aliphatic carbocycles. The third kappa shape index (κ3) is 2.59. The van der Waals surface area contributed by atoms with E-state index in [0.29, 0.717) is 27.5 Å². The SMILES string of the molecule is COC(=O)C1=C(C)NC2=C(C1c1ccc(Cl)cc1)S(=O)(=O)c1ccccc12. The number of hydrogen-bond acceptors (Lipinski definition) is 5.